The van der Waals surface area contributed by atoms with Crippen LogP contribution in [0.4, 0.5) is 10.2 Å². The smallest absolute Gasteiger partial charge is 0.355 e. The molecule has 1 amide bonds. The molecule has 4 aromatic rings. The predicted molar refractivity (Wildman–Crippen MR) is 148 cm³/mol. The molecular formula is C28H26ClFN6O3. The Bertz CT molecular complexity index is 1670. The number of piperazine rings is 1. The fourth-order valence-electron chi connectivity index (χ4n) is 5.10. The Kier molecular flexibility index (Phi) is 6.82. The topological polar surface area (TPSA) is 104 Å². The number of phenolic OH excluding ortho intramolecular Hbond substituents is 1. The van der Waals surface area contributed by atoms with Crippen LogP contribution in [-0.4, -0.2) is 61.1 Å². The fourth-order valence-corrected chi connectivity index (χ4v) is 5.34. The molecule has 0 radical (unpaired) electrons. The standard InChI is InChI=1S/C28H26ClFN6O3/c1-5-22(38)34-9-10-35(17(4)14-34)26-18-11-19(29)24(23-20(30)7-6-8-21(23)37)32-27(18)36(28(39)33-26)25-15(2)12-31-13-16(25)3/h5-8,11-13,17,37H,1,9-10,14H2,2-4H3/t17-/m0/s1. The number of pyridine rings is 2. The normalized spacial score (nSPS) is 15.6. The number of benzene rings is 1. The summed E-state index contributed by atoms with van der Waals surface area (Å²) in [6.45, 7) is 10.4. The molecule has 4 heterocycles. The Morgan fingerprint density at radius 1 is 1.21 bits per heavy atom. The summed E-state index contributed by atoms with van der Waals surface area (Å²) in [6.07, 6.45) is 4.54. The van der Waals surface area contributed by atoms with E-state index in [4.69, 9.17) is 11.6 Å². The molecule has 39 heavy (non-hydrogen) atoms. The number of carbonyl (C=O) groups is 1. The number of carbonyl (C=O) groups excluding carboxylic acids is 1. The Morgan fingerprint density at radius 2 is 1.92 bits per heavy atom. The number of aromatic hydroxyl groups is 1. The van der Waals surface area contributed by atoms with Crippen LogP contribution in [0.1, 0.15) is 18.1 Å². The van der Waals surface area contributed by atoms with Gasteiger partial charge in [0.15, 0.2) is 5.65 Å². The summed E-state index contributed by atoms with van der Waals surface area (Å²) in [6, 6.07) is 5.32. The molecule has 11 heteroatoms. The van der Waals surface area contributed by atoms with Crippen molar-refractivity contribution in [2.45, 2.75) is 26.8 Å². The third-order valence-corrected chi connectivity index (χ3v) is 7.21. The molecule has 9 nitrogen and oxygen atoms in total. The van der Waals surface area contributed by atoms with Crippen molar-refractivity contribution in [3.8, 4) is 22.7 Å². The highest BCUT2D eigenvalue weighted by atomic mass is 35.5. The minimum atomic E-state index is -0.708. The Labute approximate surface area is 228 Å². The van der Waals surface area contributed by atoms with Gasteiger partial charge in [-0.1, -0.05) is 24.2 Å². The summed E-state index contributed by atoms with van der Waals surface area (Å²) >= 11 is 6.67. The summed E-state index contributed by atoms with van der Waals surface area (Å²) in [5.41, 5.74) is 1.40. The molecule has 0 spiro atoms. The molecule has 1 fully saturated rings. The first-order valence-corrected chi connectivity index (χ1v) is 12.7. The van der Waals surface area contributed by atoms with E-state index in [0.29, 0.717) is 47.7 Å². The zero-order valence-corrected chi connectivity index (χ0v) is 22.4. The predicted octanol–water partition coefficient (Wildman–Crippen LogP) is 4.18. The summed E-state index contributed by atoms with van der Waals surface area (Å²) in [4.78, 5) is 42.9. The van der Waals surface area contributed by atoms with E-state index in [1.807, 2.05) is 25.7 Å². The lowest BCUT2D eigenvalue weighted by Crippen LogP contribution is -2.54. The van der Waals surface area contributed by atoms with Crippen LogP contribution in [0.5, 0.6) is 5.75 Å². The number of halogens is 2. The van der Waals surface area contributed by atoms with E-state index in [2.05, 4.69) is 21.5 Å². The maximum Gasteiger partial charge on any atom is 0.355 e. The number of aromatic nitrogens is 4. The van der Waals surface area contributed by atoms with E-state index in [-0.39, 0.29) is 39.6 Å². The van der Waals surface area contributed by atoms with Crippen LogP contribution in [0, 0.1) is 19.7 Å². The quantitative estimate of drug-likeness (QED) is 0.381. The van der Waals surface area contributed by atoms with E-state index in [9.17, 15) is 19.1 Å². The zero-order chi connectivity index (χ0) is 28.0. The van der Waals surface area contributed by atoms with Gasteiger partial charge < -0.3 is 14.9 Å². The van der Waals surface area contributed by atoms with Crippen LogP contribution >= 0.6 is 11.6 Å². The fraction of sp³-hybridized carbons (Fsp3) is 0.250. The van der Waals surface area contributed by atoms with E-state index < -0.39 is 11.5 Å². The molecule has 1 saturated heterocycles. The average Bonchev–Trinajstić information content (AvgIpc) is 2.89. The van der Waals surface area contributed by atoms with Crippen molar-refractivity contribution < 1.29 is 14.3 Å². The van der Waals surface area contributed by atoms with Gasteiger partial charge in [-0.2, -0.15) is 4.98 Å². The maximum absolute atomic E-state index is 14.9. The molecule has 5 rings (SSSR count). The largest absolute Gasteiger partial charge is 0.507 e. The minimum absolute atomic E-state index is 0.0103. The molecule has 1 aromatic carbocycles. The molecule has 1 aliphatic heterocycles. The van der Waals surface area contributed by atoms with E-state index in [0.717, 1.165) is 0 Å². The molecule has 0 aliphatic carbocycles. The van der Waals surface area contributed by atoms with Crippen molar-refractivity contribution in [3.63, 3.8) is 0 Å². The van der Waals surface area contributed by atoms with E-state index in [1.54, 1.807) is 23.4 Å². The van der Waals surface area contributed by atoms with Crippen LogP contribution in [-0.2, 0) is 4.79 Å². The van der Waals surface area contributed by atoms with Gasteiger partial charge in [0, 0.05) is 38.1 Å². The van der Waals surface area contributed by atoms with E-state index >= 15 is 0 Å². The Balaban J connectivity index is 1.81. The van der Waals surface area contributed by atoms with Gasteiger partial charge >= 0.3 is 5.69 Å². The lowest BCUT2D eigenvalue weighted by atomic mass is 10.1. The van der Waals surface area contributed by atoms with Crippen LogP contribution in [0.2, 0.25) is 5.02 Å². The van der Waals surface area contributed by atoms with Gasteiger partial charge in [-0.15, -0.1) is 0 Å². The first kappa shape index (κ1) is 26.3. The second kappa shape index (κ2) is 10.1. The highest BCUT2D eigenvalue weighted by molar-refractivity contribution is 6.34. The molecule has 0 saturated carbocycles. The van der Waals surface area contributed by atoms with Crippen LogP contribution < -0.4 is 10.6 Å². The number of aryl methyl sites for hydroxylation is 2. The second-order valence-electron chi connectivity index (χ2n) is 9.53. The van der Waals surface area contributed by atoms with E-state index in [1.165, 1.54) is 28.8 Å². The molecule has 1 atom stereocenters. The molecule has 1 N–H and O–H groups in total. The van der Waals surface area contributed by atoms with Crippen LogP contribution in [0.3, 0.4) is 0 Å². The van der Waals surface area contributed by atoms with Gasteiger partial charge in [-0.3, -0.25) is 9.78 Å². The minimum Gasteiger partial charge on any atom is -0.507 e. The maximum atomic E-state index is 14.9. The summed E-state index contributed by atoms with van der Waals surface area (Å²) in [5.74, 6) is -0.857. The van der Waals surface area contributed by atoms with Gasteiger partial charge in [0.05, 0.1) is 27.4 Å². The number of rotatable bonds is 4. The third kappa shape index (κ3) is 4.50. The number of phenols is 1. The highest BCUT2D eigenvalue weighted by Gasteiger charge is 2.30. The van der Waals surface area contributed by atoms with Crippen molar-refractivity contribution in [2.75, 3.05) is 24.5 Å². The number of anilines is 1. The number of hydrogen-bond donors (Lipinski definition) is 1. The number of nitrogens with zero attached hydrogens (tertiary/aromatic N) is 6. The summed E-state index contributed by atoms with van der Waals surface area (Å²) in [7, 11) is 0. The zero-order valence-electron chi connectivity index (χ0n) is 21.7. The molecule has 0 unspecified atom stereocenters. The number of fused-ring (bicyclic) bond motifs is 1. The SMILES string of the molecule is C=CC(=O)N1CCN(c2nc(=O)n(-c3c(C)cncc3C)c3nc(-c4c(O)cccc4F)c(Cl)cc23)[C@@H](C)C1. The number of hydrogen-bond acceptors (Lipinski definition) is 7. The van der Waals surface area contributed by atoms with Crippen molar-refractivity contribution in [1.29, 1.82) is 0 Å². The molecule has 3 aromatic heterocycles. The molecule has 200 valence electrons. The Morgan fingerprint density at radius 3 is 2.56 bits per heavy atom. The van der Waals surface area contributed by atoms with Crippen molar-refractivity contribution >= 4 is 34.4 Å². The average molecular weight is 549 g/mol. The molecule has 1 aliphatic rings. The molecule has 0 bridgehead atoms. The van der Waals surface area contributed by atoms with Crippen LogP contribution in [0.15, 0.2) is 54.1 Å². The third-order valence-electron chi connectivity index (χ3n) is 6.92. The first-order valence-electron chi connectivity index (χ1n) is 12.3. The Hall–Kier alpha value is -4.31. The van der Waals surface area contributed by atoms with Gasteiger partial charge in [-0.25, -0.2) is 18.7 Å². The van der Waals surface area contributed by atoms with Crippen molar-refractivity contribution in [3.05, 3.63) is 81.8 Å². The number of amides is 1. The monoisotopic (exact) mass is 548 g/mol. The lowest BCUT2D eigenvalue weighted by molar-refractivity contribution is -0.126. The van der Waals surface area contributed by atoms with Crippen molar-refractivity contribution in [1.82, 2.24) is 24.4 Å². The second-order valence-corrected chi connectivity index (χ2v) is 9.94. The van der Waals surface area contributed by atoms with Crippen LogP contribution in [0.25, 0.3) is 28.0 Å². The van der Waals surface area contributed by atoms with Gasteiger partial charge in [0.25, 0.3) is 0 Å². The van der Waals surface area contributed by atoms with Gasteiger partial charge in [0.1, 0.15) is 17.4 Å². The lowest BCUT2D eigenvalue weighted by Gasteiger charge is -2.40. The summed E-state index contributed by atoms with van der Waals surface area (Å²) in [5, 5.41) is 11.0. The first-order chi connectivity index (χ1) is 18.6. The van der Waals surface area contributed by atoms with Crippen molar-refractivity contribution in [2.24, 2.45) is 0 Å². The molecular weight excluding hydrogens is 523 g/mol. The van der Waals surface area contributed by atoms with Gasteiger partial charge in [0.2, 0.25) is 5.91 Å². The summed E-state index contributed by atoms with van der Waals surface area (Å²) < 4.78 is 16.3. The van der Waals surface area contributed by atoms with Gasteiger partial charge in [-0.05, 0) is 56.2 Å². The highest BCUT2D eigenvalue weighted by Crippen LogP contribution is 2.38.